The normalized spacial score (nSPS) is 11.2. The molecule has 2 aromatic heterocycles. The van der Waals surface area contributed by atoms with E-state index in [4.69, 9.17) is 4.74 Å². The van der Waals surface area contributed by atoms with Gasteiger partial charge in [0.25, 0.3) is 0 Å². The van der Waals surface area contributed by atoms with Crippen molar-refractivity contribution in [3.05, 3.63) is 46.4 Å². The van der Waals surface area contributed by atoms with E-state index in [2.05, 4.69) is 31.2 Å². The van der Waals surface area contributed by atoms with Gasteiger partial charge in [0.05, 0.1) is 12.7 Å². The van der Waals surface area contributed by atoms with Gasteiger partial charge in [-0.2, -0.15) is 9.61 Å². The van der Waals surface area contributed by atoms with Gasteiger partial charge < -0.3 is 9.84 Å². The van der Waals surface area contributed by atoms with Crippen LogP contribution in [0.3, 0.4) is 0 Å². The minimum absolute atomic E-state index is 0.206. The van der Waals surface area contributed by atoms with E-state index >= 15 is 0 Å². The Kier molecular flexibility index (Phi) is 3.93. The monoisotopic (exact) mass is 416 g/mol. The van der Waals surface area contributed by atoms with Gasteiger partial charge in [-0.1, -0.05) is 17.4 Å². The molecule has 0 atom stereocenters. The summed E-state index contributed by atoms with van der Waals surface area (Å²) in [6.07, 6.45) is 0. The van der Waals surface area contributed by atoms with Crippen LogP contribution in [0.25, 0.3) is 26.9 Å². The first-order chi connectivity index (χ1) is 12.1. The fraction of sp³-hybridized carbons (Fsp3) is 0.118. The van der Waals surface area contributed by atoms with Gasteiger partial charge in [-0.05, 0) is 58.7 Å². The van der Waals surface area contributed by atoms with Crippen LogP contribution in [0, 0.1) is 6.92 Å². The number of phenols is 1. The third kappa shape index (κ3) is 2.77. The average Bonchev–Trinajstić information content (AvgIpc) is 3.15. The second kappa shape index (κ2) is 6.12. The van der Waals surface area contributed by atoms with Crippen molar-refractivity contribution in [3.8, 4) is 33.5 Å². The Morgan fingerprint density at radius 1 is 1.12 bits per heavy atom. The maximum atomic E-state index is 10.2. The molecule has 0 saturated carbocycles. The molecule has 0 bridgehead atoms. The van der Waals surface area contributed by atoms with E-state index in [-0.39, 0.29) is 5.75 Å². The zero-order valence-corrected chi connectivity index (χ0v) is 15.8. The van der Waals surface area contributed by atoms with Crippen LogP contribution in [0.4, 0.5) is 0 Å². The minimum Gasteiger partial charge on any atom is -0.507 e. The first-order valence-corrected chi connectivity index (χ1v) is 9.04. The summed E-state index contributed by atoms with van der Waals surface area (Å²) in [5.74, 6) is 1.58. The highest BCUT2D eigenvalue weighted by atomic mass is 79.9. The van der Waals surface area contributed by atoms with Crippen molar-refractivity contribution in [3.63, 3.8) is 0 Å². The Bertz CT molecular complexity index is 1090. The lowest BCUT2D eigenvalue weighted by Gasteiger charge is -2.04. The molecule has 0 aliphatic heterocycles. The van der Waals surface area contributed by atoms with Crippen LogP contribution in [0.2, 0.25) is 0 Å². The van der Waals surface area contributed by atoms with Crippen LogP contribution in [-0.4, -0.2) is 32.0 Å². The molecule has 0 saturated heterocycles. The molecule has 0 amide bonds. The van der Waals surface area contributed by atoms with E-state index in [9.17, 15) is 5.11 Å². The Morgan fingerprint density at radius 2 is 1.92 bits per heavy atom. The molecule has 4 aromatic rings. The van der Waals surface area contributed by atoms with Gasteiger partial charge in [0, 0.05) is 10.0 Å². The molecule has 8 heteroatoms. The number of phenolic OH excluding ortho intramolecular Hbond substituents is 1. The van der Waals surface area contributed by atoms with E-state index in [0.29, 0.717) is 21.4 Å². The molecular weight excluding hydrogens is 404 g/mol. The molecule has 1 N–H and O–H groups in total. The molecule has 0 radical (unpaired) electrons. The highest BCUT2D eigenvalue weighted by molar-refractivity contribution is 9.10. The van der Waals surface area contributed by atoms with E-state index in [1.54, 1.807) is 17.7 Å². The Hall–Kier alpha value is -2.45. The largest absolute Gasteiger partial charge is 0.507 e. The summed E-state index contributed by atoms with van der Waals surface area (Å²) in [7, 11) is 1.62. The van der Waals surface area contributed by atoms with Gasteiger partial charge in [-0.3, -0.25) is 0 Å². The molecule has 4 rings (SSSR count). The number of aromatic hydroxyl groups is 1. The number of hydrogen-bond donors (Lipinski definition) is 1. The molecule has 0 aliphatic rings. The van der Waals surface area contributed by atoms with Crippen LogP contribution in [-0.2, 0) is 0 Å². The second-order valence-corrected chi connectivity index (χ2v) is 7.30. The summed E-state index contributed by atoms with van der Waals surface area (Å²) in [6.45, 7) is 1.93. The number of aromatic nitrogens is 4. The first kappa shape index (κ1) is 16.0. The lowest BCUT2D eigenvalue weighted by Crippen LogP contribution is -1.93. The smallest absolute Gasteiger partial charge is 0.235 e. The van der Waals surface area contributed by atoms with Crippen molar-refractivity contribution in [2.45, 2.75) is 6.92 Å². The number of fused-ring (bicyclic) bond motifs is 1. The highest BCUT2D eigenvalue weighted by Crippen LogP contribution is 2.35. The van der Waals surface area contributed by atoms with Crippen molar-refractivity contribution in [2.75, 3.05) is 7.11 Å². The Labute approximate surface area is 155 Å². The van der Waals surface area contributed by atoms with Gasteiger partial charge in [0.1, 0.15) is 11.5 Å². The van der Waals surface area contributed by atoms with Gasteiger partial charge >= 0.3 is 0 Å². The number of halogens is 1. The first-order valence-electron chi connectivity index (χ1n) is 7.43. The van der Waals surface area contributed by atoms with Crippen LogP contribution in [0.1, 0.15) is 5.56 Å². The number of benzene rings is 2. The van der Waals surface area contributed by atoms with Crippen molar-refractivity contribution >= 4 is 32.2 Å². The topological polar surface area (TPSA) is 72.5 Å². The van der Waals surface area contributed by atoms with Gasteiger partial charge in [-0.25, -0.2) is 0 Å². The van der Waals surface area contributed by atoms with Crippen LogP contribution < -0.4 is 4.74 Å². The SMILES string of the molecule is COc1ccc(-c2nnc3sc(-c4ccc(C)cc4O)nn23)c(Br)c1. The summed E-state index contributed by atoms with van der Waals surface area (Å²) in [5, 5.41) is 23.9. The predicted molar refractivity (Wildman–Crippen MR) is 100 cm³/mol. The maximum absolute atomic E-state index is 10.2. The van der Waals surface area contributed by atoms with Crippen LogP contribution in [0.15, 0.2) is 40.9 Å². The van der Waals surface area contributed by atoms with Gasteiger partial charge in [0.2, 0.25) is 4.96 Å². The average molecular weight is 417 g/mol. The van der Waals surface area contributed by atoms with Crippen molar-refractivity contribution in [1.29, 1.82) is 0 Å². The summed E-state index contributed by atoms with van der Waals surface area (Å²) < 4.78 is 7.75. The quantitative estimate of drug-likeness (QED) is 0.538. The lowest BCUT2D eigenvalue weighted by molar-refractivity contribution is 0.414. The number of nitrogens with zero attached hydrogens (tertiary/aromatic N) is 4. The molecule has 126 valence electrons. The van der Waals surface area contributed by atoms with Crippen LogP contribution in [0.5, 0.6) is 11.5 Å². The fourth-order valence-electron chi connectivity index (χ4n) is 2.52. The molecule has 25 heavy (non-hydrogen) atoms. The van der Waals surface area contributed by atoms with E-state index in [1.807, 2.05) is 37.3 Å². The summed E-state index contributed by atoms with van der Waals surface area (Å²) in [5.41, 5.74) is 2.53. The zero-order chi connectivity index (χ0) is 17.6. The number of ether oxygens (including phenoxy) is 1. The molecule has 6 nitrogen and oxygen atoms in total. The predicted octanol–water partition coefficient (Wildman–Crippen LogP) is 4.30. The molecular formula is C17H13BrN4O2S. The number of rotatable bonds is 3. The third-order valence-electron chi connectivity index (χ3n) is 3.79. The van der Waals surface area contributed by atoms with E-state index in [0.717, 1.165) is 21.3 Å². The van der Waals surface area contributed by atoms with E-state index in [1.165, 1.54) is 11.3 Å². The van der Waals surface area contributed by atoms with Crippen molar-refractivity contribution in [2.24, 2.45) is 0 Å². The molecule has 0 aliphatic carbocycles. The summed E-state index contributed by atoms with van der Waals surface area (Å²) in [6, 6.07) is 11.2. The summed E-state index contributed by atoms with van der Waals surface area (Å²) in [4.78, 5) is 0.660. The summed E-state index contributed by atoms with van der Waals surface area (Å²) >= 11 is 4.92. The van der Waals surface area contributed by atoms with Gasteiger partial charge in [-0.15, -0.1) is 10.2 Å². The molecule has 0 fully saturated rings. The maximum Gasteiger partial charge on any atom is 0.235 e. The standard InChI is InChI=1S/C17H13BrN4O2S/c1-9-3-5-12(14(23)7-9)16-21-22-15(19-20-17(22)25-16)11-6-4-10(24-2)8-13(11)18/h3-8,23H,1-2H3. The lowest BCUT2D eigenvalue weighted by atomic mass is 10.1. The number of hydrogen-bond acceptors (Lipinski definition) is 6. The Morgan fingerprint density at radius 3 is 2.64 bits per heavy atom. The van der Waals surface area contributed by atoms with E-state index < -0.39 is 0 Å². The minimum atomic E-state index is 0.206. The fourth-order valence-corrected chi connectivity index (χ4v) is 3.93. The molecule has 2 aromatic carbocycles. The van der Waals surface area contributed by atoms with Crippen LogP contribution >= 0.6 is 27.3 Å². The van der Waals surface area contributed by atoms with Crippen molar-refractivity contribution in [1.82, 2.24) is 19.8 Å². The highest BCUT2D eigenvalue weighted by Gasteiger charge is 2.18. The Balaban J connectivity index is 1.84. The zero-order valence-electron chi connectivity index (χ0n) is 13.4. The molecule has 0 spiro atoms. The number of methoxy groups -OCH3 is 1. The molecule has 2 heterocycles. The third-order valence-corrected chi connectivity index (χ3v) is 5.38. The van der Waals surface area contributed by atoms with Gasteiger partial charge in [0.15, 0.2) is 10.8 Å². The van der Waals surface area contributed by atoms with Crippen molar-refractivity contribution < 1.29 is 9.84 Å². The second-order valence-electron chi connectivity index (χ2n) is 5.49. The number of aryl methyl sites for hydroxylation is 1. The molecule has 0 unspecified atom stereocenters.